The van der Waals surface area contributed by atoms with E-state index in [2.05, 4.69) is 26.8 Å². The van der Waals surface area contributed by atoms with Crippen molar-refractivity contribution in [2.45, 2.75) is 92.0 Å². The van der Waals surface area contributed by atoms with Crippen LogP contribution in [-0.4, -0.2) is 17.0 Å². The highest BCUT2D eigenvalue weighted by molar-refractivity contribution is 5.74. The molecule has 0 saturated heterocycles. The molecule has 0 spiro atoms. The minimum Gasteiger partial charge on any atom is -0.407 e. The summed E-state index contributed by atoms with van der Waals surface area (Å²) in [4.78, 5) is 17.2. The molecular formula is C25H40N2O2. The monoisotopic (exact) mass is 400 g/mol. The molecule has 0 aliphatic heterocycles. The Balaban J connectivity index is 0.00000145. The normalized spacial score (nSPS) is 26.6. The number of nitrogens with zero attached hydrogens (tertiary/aromatic N) is 1. The average Bonchev–Trinajstić information content (AvgIpc) is 2.72. The van der Waals surface area contributed by atoms with Gasteiger partial charge in [0.15, 0.2) is 0 Å². The average molecular weight is 401 g/mol. The minimum atomic E-state index is -0.112. The maximum Gasteiger partial charge on any atom is 0.315 e. The third-order valence-electron chi connectivity index (χ3n) is 6.34. The summed E-state index contributed by atoms with van der Waals surface area (Å²) in [5.41, 5.74) is 9.90. The summed E-state index contributed by atoms with van der Waals surface area (Å²) in [5.74, 6) is 1.42. The highest BCUT2D eigenvalue weighted by Gasteiger charge is 2.29. The third kappa shape index (κ3) is 6.40. The Kier molecular flexibility index (Phi) is 9.35. The van der Waals surface area contributed by atoms with Gasteiger partial charge in [0, 0.05) is 17.8 Å². The standard InChI is InChI=1S/C23H34N2O2.C2H6/c1-4-19-18(12-15(2)13-20(19)24)14-21-16(3)10-11-22(25-21)27-23(26)17-8-6-5-7-9-17;1-2/h4,10-11,15,17-18,20H,5-9,12-14,24H2,1-3H3;1-2H3/b19-4+;. The van der Waals surface area contributed by atoms with Gasteiger partial charge in [-0.15, -0.1) is 0 Å². The van der Waals surface area contributed by atoms with Crippen molar-refractivity contribution in [2.75, 3.05) is 0 Å². The number of hydrogen-bond donors (Lipinski definition) is 1. The zero-order chi connectivity index (χ0) is 21.4. The maximum atomic E-state index is 12.5. The van der Waals surface area contributed by atoms with Crippen molar-refractivity contribution in [1.29, 1.82) is 0 Å². The van der Waals surface area contributed by atoms with E-state index in [1.54, 1.807) is 0 Å². The second kappa shape index (κ2) is 11.5. The Morgan fingerprint density at radius 3 is 2.55 bits per heavy atom. The van der Waals surface area contributed by atoms with Crippen LogP contribution >= 0.6 is 0 Å². The number of rotatable bonds is 4. The lowest BCUT2D eigenvalue weighted by molar-refractivity contribution is -0.140. The van der Waals surface area contributed by atoms with Gasteiger partial charge >= 0.3 is 5.97 Å². The fourth-order valence-electron chi connectivity index (χ4n) is 4.81. The van der Waals surface area contributed by atoms with Gasteiger partial charge in [0.05, 0.1) is 5.92 Å². The van der Waals surface area contributed by atoms with Crippen molar-refractivity contribution in [3.63, 3.8) is 0 Å². The number of nitrogens with two attached hydrogens (primary N) is 1. The number of carbonyl (C=O) groups excluding carboxylic acids is 1. The van der Waals surface area contributed by atoms with Crippen molar-refractivity contribution >= 4 is 5.97 Å². The van der Waals surface area contributed by atoms with Gasteiger partial charge in [0.2, 0.25) is 5.88 Å². The number of esters is 1. The van der Waals surface area contributed by atoms with E-state index in [0.717, 1.165) is 56.2 Å². The van der Waals surface area contributed by atoms with Gasteiger partial charge in [-0.1, -0.05) is 57.7 Å². The van der Waals surface area contributed by atoms with Gasteiger partial charge < -0.3 is 10.5 Å². The lowest BCUT2D eigenvalue weighted by Crippen LogP contribution is -2.35. The number of aryl methyl sites for hydroxylation is 1. The van der Waals surface area contributed by atoms with Gasteiger partial charge in [-0.3, -0.25) is 4.79 Å². The number of ether oxygens (including phenoxy) is 1. The molecule has 3 rings (SSSR count). The quantitative estimate of drug-likeness (QED) is 0.515. The van der Waals surface area contributed by atoms with Gasteiger partial charge in [0.25, 0.3) is 0 Å². The molecule has 3 atom stereocenters. The van der Waals surface area contributed by atoms with Crippen LogP contribution < -0.4 is 10.5 Å². The van der Waals surface area contributed by atoms with Crippen molar-refractivity contribution in [3.8, 4) is 5.88 Å². The second-order valence-corrected chi connectivity index (χ2v) is 8.54. The lowest BCUT2D eigenvalue weighted by Gasteiger charge is -2.34. The van der Waals surface area contributed by atoms with Crippen LogP contribution in [0.4, 0.5) is 0 Å². The number of carbonyl (C=O) groups is 1. The number of aromatic nitrogens is 1. The van der Waals surface area contributed by atoms with E-state index in [0.29, 0.717) is 17.7 Å². The third-order valence-corrected chi connectivity index (χ3v) is 6.34. The second-order valence-electron chi connectivity index (χ2n) is 8.54. The zero-order valence-electron chi connectivity index (χ0n) is 19.0. The molecule has 2 aliphatic carbocycles. The molecule has 1 aromatic heterocycles. The predicted octanol–water partition coefficient (Wildman–Crippen LogP) is 5.76. The van der Waals surface area contributed by atoms with E-state index >= 15 is 0 Å². The molecule has 29 heavy (non-hydrogen) atoms. The summed E-state index contributed by atoms with van der Waals surface area (Å²) in [7, 11) is 0. The molecule has 4 heteroatoms. The van der Waals surface area contributed by atoms with Gasteiger partial charge in [-0.05, 0) is 63.4 Å². The van der Waals surface area contributed by atoms with Gasteiger partial charge in [-0.25, -0.2) is 4.98 Å². The number of pyridine rings is 1. The molecule has 1 heterocycles. The summed E-state index contributed by atoms with van der Waals surface area (Å²) in [5, 5.41) is 0. The smallest absolute Gasteiger partial charge is 0.315 e. The zero-order valence-corrected chi connectivity index (χ0v) is 19.0. The summed E-state index contributed by atoms with van der Waals surface area (Å²) >= 11 is 0. The summed E-state index contributed by atoms with van der Waals surface area (Å²) in [6.45, 7) is 10.4. The Morgan fingerprint density at radius 2 is 1.90 bits per heavy atom. The van der Waals surface area contributed by atoms with Crippen LogP contribution in [0.1, 0.15) is 83.9 Å². The van der Waals surface area contributed by atoms with Gasteiger partial charge in [-0.2, -0.15) is 0 Å². The molecule has 2 aliphatic rings. The van der Waals surface area contributed by atoms with E-state index in [-0.39, 0.29) is 17.9 Å². The van der Waals surface area contributed by atoms with Crippen LogP contribution in [-0.2, 0) is 11.2 Å². The molecule has 0 amide bonds. The molecule has 2 saturated carbocycles. The fourth-order valence-corrected chi connectivity index (χ4v) is 4.81. The Labute approximate surface area is 177 Å². The molecule has 1 aromatic rings. The van der Waals surface area contributed by atoms with Crippen LogP contribution in [0.15, 0.2) is 23.8 Å². The highest BCUT2D eigenvalue weighted by Crippen LogP contribution is 2.35. The SMILES string of the molecule is C/C=C1/C(N)CC(C)CC1Cc1nc(OC(=O)C2CCCCC2)ccc1C.CC. The molecule has 2 fully saturated rings. The maximum absolute atomic E-state index is 12.5. The van der Waals surface area contributed by atoms with Gasteiger partial charge in [0.1, 0.15) is 0 Å². The Bertz CT molecular complexity index is 692. The van der Waals surface area contributed by atoms with Crippen LogP contribution in [0.5, 0.6) is 5.88 Å². The molecule has 162 valence electrons. The molecule has 0 bridgehead atoms. The van der Waals surface area contributed by atoms with Crippen molar-refractivity contribution in [2.24, 2.45) is 23.5 Å². The van der Waals surface area contributed by atoms with Crippen LogP contribution in [0.3, 0.4) is 0 Å². The topological polar surface area (TPSA) is 65.2 Å². The van der Waals surface area contributed by atoms with E-state index in [9.17, 15) is 4.79 Å². The first-order chi connectivity index (χ1) is 14.0. The van der Waals surface area contributed by atoms with Crippen LogP contribution in [0.25, 0.3) is 0 Å². The van der Waals surface area contributed by atoms with Crippen LogP contribution in [0, 0.1) is 24.7 Å². The molecule has 0 aromatic carbocycles. The van der Waals surface area contributed by atoms with E-state index in [1.807, 2.05) is 26.0 Å². The van der Waals surface area contributed by atoms with E-state index in [1.165, 1.54) is 12.0 Å². The van der Waals surface area contributed by atoms with E-state index < -0.39 is 0 Å². The first kappa shape index (κ1) is 23.6. The predicted molar refractivity (Wildman–Crippen MR) is 120 cm³/mol. The first-order valence-electron chi connectivity index (χ1n) is 11.6. The van der Waals surface area contributed by atoms with Crippen molar-refractivity contribution < 1.29 is 9.53 Å². The molecule has 3 unspecified atom stereocenters. The summed E-state index contributed by atoms with van der Waals surface area (Å²) in [6, 6.07) is 4.00. The fraction of sp³-hybridized carbons (Fsp3) is 0.680. The van der Waals surface area contributed by atoms with Crippen LogP contribution in [0.2, 0.25) is 0 Å². The molecule has 4 nitrogen and oxygen atoms in total. The number of hydrogen-bond acceptors (Lipinski definition) is 4. The Hall–Kier alpha value is -1.68. The van der Waals surface area contributed by atoms with Crippen molar-refractivity contribution in [3.05, 3.63) is 35.0 Å². The first-order valence-corrected chi connectivity index (χ1v) is 11.6. The van der Waals surface area contributed by atoms with E-state index in [4.69, 9.17) is 15.5 Å². The highest BCUT2D eigenvalue weighted by atomic mass is 16.5. The molecule has 0 radical (unpaired) electrons. The minimum absolute atomic E-state index is 0.0390. The lowest BCUT2D eigenvalue weighted by atomic mass is 9.73. The van der Waals surface area contributed by atoms with Crippen molar-refractivity contribution in [1.82, 2.24) is 4.98 Å². The summed E-state index contributed by atoms with van der Waals surface area (Å²) < 4.78 is 5.64. The largest absolute Gasteiger partial charge is 0.407 e. The number of allylic oxidation sites excluding steroid dienone is 1. The molecule has 2 N–H and O–H groups in total. The Morgan fingerprint density at radius 1 is 1.21 bits per heavy atom. The molecular weight excluding hydrogens is 360 g/mol. The summed E-state index contributed by atoms with van der Waals surface area (Å²) in [6.07, 6.45) is 10.6.